The number of ether oxygens (including phenoxy) is 1. The lowest BCUT2D eigenvalue weighted by molar-refractivity contribution is 0.210. The van der Waals surface area contributed by atoms with Crippen LogP contribution < -0.4 is 16.8 Å². The summed E-state index contributed by atoms with van der Waals surface area (Å²) in [6, 6.07) is 3.50. The van der Waals surface area contributed by atoms with Crippen molar-refractivity contribution in [2.45, 2.75) is 0 Å². The van der Waals surface area contributed by atoms with Crippen LogP contribution in [0.5, 0.6) is 0 Å². The van der Waals surface area contributed by atoms with Crippen LogP contribution in [-0.4, -0.2) is 25.2 Å². The second-order valence-corrected chi connectivity index (χ2v) is 2.59. The minimum absolute atomic E-state index is 0.349. The quantitative estimate of drug-likeness (QED) is 0.583. The molecule has 0 amide bonds. The molecule has 0 fully saturated rings. The average molecular weight is 182 g/mol. The first-order chi connectivity index (χ1) is 6.24. The van der Waals surface area contributed by atoms with Crippen molar-refractivity contribution in [1.82, 2.24) is 4.98 Å². The van der Waals surface area contributed by atoms with Crippen LogP contribution in [0.25, 0.3) is 0 Å². The summed E-state index contributed by atoms with van der Waals surface area (Å²) in [5.41, 5.74) is 11.5. The summed E-state index contributed by atoms with van der Waals surface area (Å²) in [5.74, 6) is 1.06. The number of pyridine rings is 1. The van der Waals surface area contributed by atoms with Crippen LogP contribution in [0.3, 0.4) is 0 Å². The van der Waals surface area contributed by atoms with E-state index in [4.69, 9.17) is 16.2 Å². The van der Waals surface area contributed by atoms with Crippen molar-refractivity contribution in [2.75, 3.05) is 37.0 Å². The van der Waals surface area contributed by atoms with E-state index in [9.17, 15) is 0 Å². The molecule has 0 saturated carbocycles. The Labute approximate surface area is 77.1 Å². The van der Waals surface area contributed by atoms with E-state index in [1.54, 1.807) is 19.2 Å². The molecule has 0 aliphatic carbocycles. The van der Waals surface area contributed by atoms with Gasteiger partial charge in [-0.05, 0) is 12.1 Å². The van der Waals surface area contributed by atoms with Gasteiger partial charge in [-0.25, -0.2) is 4.98 Å². The van der Waals surface area contributed by atoms with Gasteiger partial charge in [-0.15, -0.1) is 0 Å². The molecule has 1 aromatic heterocycles. The van der Waals surface area contributed by atoms with Gasteiger partial charge in [-0.1, -0.05) is 0 Å². The van der Waals surface area contributed by atoms with Gasteiger partial charge in [0.05, 0.1) is 12.3 Å². The van der Waals surface area contributed by atoms with Crippen molar-refractivity contribution < 1.29 is 4.74 Å². The molecule has 1 rings (SSSR count). The summed E-state index contributed by atoms with van der Waals surface area (Å²) in [7, 11) is 1.65. The van der Waals surface area contributed by atoms with Crippen molar-refractivity contribution in [1.29, 1.82) is 0 Å². The van der Waals surface area contributed by atoms with E-state index in [1.807, 2.05) is 0 Å². The molecule has 13 heavy (non-hydrogen) atoms. The summed E-state index contributed by atoms with van der Waals surface area (Å²) < 4.78 is 4.87. The van der Waals surface area contributed by atoms with Crippen molar-refractivity contribution in [2.24, 2.45) is 0 Å². The molecule has 5 N–H and O–H groups in total. The summed E-state index contributed by atoms with van der Waals surface area (Å²) in [6.07, 6.45) is 0. The maximum Gasteiger partial charge on any atom is 0.149 e. The number of hydrogen-bond acceptors (Lipinski definition) is 5. The van der Waals surface area contributed by atoms with Gasteiger partial charge >= 0.3 is 0 Å². The van der Waals surface area contributed by atoms with Crippen molar-refractivity contribution in [3.8, 4) is 0 Å². The molecule has 0 aromatic carbocycles. The molecule has 0 saturated heterocycles. The Morgan fingerprint density at radius 3 is 2.85 bits per heavy atom. The largest absolute Gasteiger partial charge is 0.396 e. The molecular formula is C8H14N4O. The molecular weight excluding hydrogens is 168 g/mol. The smallest absolute Gasteiger partial charge is 0.149 e. The topological polar surface area (TPSA) is 86.2 Å². The summed E-state index contributed by atoms with van der Waals surface area (Å²) >= 11 is 0. The first-order valence-corrected chi connectivity index (χ1v) is 3.99. The third-order valence-electron chi connectivity index (χ3n) is 1.57. The Morgan fingerprint density at radius 2 is 2.23 bits per heavy atom. The fourth-order valence-electron chi connectivity index (χ4n) is 0.865. The zero-order valence-electron chi connectivity index (χ0n) is 7.58. The number of nitrogens with zero attached hydrogens (tertiary/aromatic N) is 1. The third-order valence-corrected chi connectivity index (χ3v) is 1.57. The monoisotopic (exact) mass is 182 g/mol. The first kappa shape index (κ1) is 9.60. The molecule has 0 bridgehead atoms. The van der Waals surface area contributed by atoms with Crippen LogP contribution in [0.4, 0.5) is 17.3 Å². The lowest BCUT2D eigenvalue weighted by atomic mass is 10.4. The number of rotatable bonds is 4. The second-order valence-electron chi connectivity index (χ2n) is 2.59. The highest BCUT2D eigenvalue weighted by atomic mass is 16.5. The van der Waals surface area contributed by atoms with Gasteiger partial charge in [0.1, 0.15) is 11.6 Å². The van der Waals surface area contributed by atoms with E-state index >= 15 is 0 Å². The molecule has 0 spiro atoms. The predicted molar refractivity (Wildman–Crippen MR) is 53.4 cm³/mol. The Hall–Kier alpha value is -1.49. The van der Waals surface area contributed by atoms with E-state index in [1.165, 1.54) is 0 Å². The van der Waals surface area contributed by atoms with E-state index < -0.39 is 0 Å². The molecule has 0 unspecified atom stereocenters. The standard InChI is InChI=1S/C8H14N4O/c1-13-5-4-11-7-3-2-6(9)8(10)12-7/h2-3H,4-5,9H2,1H3,(H3,10,11,12). The zero-order valence-corrected chi connectivity index (χ0v) is 7.58. The number of methoxy groups -OCH3 is 1. The third kappa shape index (κ3) is 2.79. The number of hydrogen-bond donors (Lipinski definition) is 3. The Morgan fingerprint density at radius 1 is 1.46 bits per heavy atom. The highest BCUT2D eigenvalue weighted by Gasteiger charge is 1.97. The zero-order chi connectivity index (χ0) is 9.68. The molecule has 5 heteroatoms. The summed E-state index contributed by atoms with van der Waals surface area (Å²) in [4.78, 5) is 4.03. The normalized spacial score (nSPS) is 9.92. The van der Waals surface area contributed by atoms with Crippen molar-refractivity contribution in [3.05, 3.63) is 12.1 Å². The van der Waals surface area contributed by atoms with Crippen molar-refractivity contribution in [3.63, 3.8) is 0 Å². The van der Waals surface area contributed by atoms with Crippen LogP contribution in [0.2, 0.25) is 0 Å². The summed E-state index contributed by atoms with van der Waals surface area (Å²) in [6.45, 7) is 1.33. The minimum atomic E-state index is 0.349. The molecule has 1 aromatic rings. The minimum Gasteiger partial charge on any atom is -0.396 e. The van der Waals surface area contributed by atoms with Gasteiger partial charge in [0.15, 0.2) is 0 Å². The van der Waals surface area contributed by atoms with Gasteiger partial charge in [-0.3, -0.25) is 0 Å². The number of aromatic nitrogens is 1. The number of anilines is 3. The SMILES string of the molecule is COCCNc1ccc(N)c(N)n1. The average Bonchev–Trinajstić information content (AvgIpc) is 2.12. The predicted octanol–water partition coefficient (Wildman–Crippen LogP) is 0.304. The summed E-state index contributed by atoms with van der Waals surface area (Å²) in [5, 5.41) is 3.04. The maximum atomic E-state index is 5.52. The molecule has 0 aliphatic rings. The number of nitrogen functional groups attached to an aromatic ring is 2. The molecule has 0 atom stereocenters. The lowest BCUT2D eigenvalue weighted by Crippen LogP contribution is -2.09. The van der Waals surface area contributed by atoms with E-state index in [0.29, 0.717) is 30.5 Å². The number of nitrogens with one attached hydrogen (secondary N) is 1. The first-order valence-electron chi connectivity index (χ1n) is 3.99. The van der Waals surface area contributed by atoms with E-state index in [0.717, 1.165) is 0 Å². The van der Waals surface area contributed by atoms with Crippen molar-refractivity contribution >= 4 is 17.3 Å². The van der Waals surface area contributed by atoms with Crippen LogP contribution in [-0.2, 0) is 4.74 Å². The molecule has 5 nitrogen and oxygen atoms in total. The van der Waals surface area contributed by atoms with E-state index in [-0.39, 0.29) is 0 Å². The Kier molecular flexibility index (Phi) is 3.33. The second kappa shape index (κ2) is 4.51. The Bertz CT molecular complexity index is 277. The fraction of sp³-hybridized carbons (Fsp3) is 0.375. The van der Waals surface area contributed by atoms with Gasteiger partial charge in [0.25, 0.3) is 0 Å². The van der Waals surface area contributed by atoms with Gasteiger partial charge in [-0.2, -0.15) is 0 Å². The van der Waals surface area contributed by atoms with Gasteiger partial charge in [0.2, 0.25) is 0 Å². The highest BCUT2D eigenvalue weighted by Crippen LogP contribution is 2.13. The molecule has 1 heterocycles. The van der Waals surface area contributed by atoms with Gasteiger partial charge in [0, 0.05) is 13.7 Å². The molecule has 72 valence electrons. The lowest BCUT2D eigenvalue weighted by Gasteiger charge is -2.06. The van der Waals surface area contributed by atoms with Gasteiger partial charge < -0.3 is 21.5 Å². The van der Waals surface area contributed by atoms with Crippen LogP contribution in [0.15, 0.2) is 12.1 Å². The molecule has 0 radical (unpaired) electrons. The molecule has 0 aliphatic heterocycles. The van der Waals surface area contributed by atoms with E-state index in [2.05, 4.69) is 10.3 Å². The maximum absolute atomic E-state index is 5.52. The van der Waals surface area contributed by atoms with Crippen LogP contribution in [0.1, 0.15) is 0 Å². The Balaban J connectivity index is 2.53. The number of nitrogens with two attached hydrogens (primary N) is 2. The highest BCUT2D eigenvalue weighted by molar-refractivity contribution is 5.61. The van der Waals surface area contributed by atoms with Crippen LogP contribution >= 0.6 is 0 Å². The van der Waals surface area contributed by atoms with Crippen LogP contribution in [0, 0.1) is 0 Å². The fourth-order valence-corrected chi connectivity index (χ4v) is 0.865.